The Hall–Kier alpha value is -2.09. The number of hydrogen-bond acceptors (Lipinski definition) is 3. The molecule has 2 aliphatic rings. The van der Waals surface area contributed by atoms with Crippen molar-refractivity contribution in [1.82, 2.24) is 4.90 Å². The number of nitrogens with zero attached hydrogens (tertiary/aromatic N) is 1. The highest BCUT2D eigenvalue weighted by atomic mass is 19.4. The molecule has 3 rings (SSSR count). The maximum atomic E-state index is 13.1. The molecule has 8 heteroatoms. The molecule has 1 aromatic rings. The van der Waals surface area contributed by atoms with Crippen LogP contribution in [0.25, 0.3) is 0 Å². The second-order valence-corrected chi connectivity index (χ2v) is 6.02. The molecule has 1 saturated heterocycles. The van der Waals surface area contributed by atoms with Gasteiger partial charge in [0.2, 0.25) is 5.91 Å². The molecule has 5 nitrogen and oxygen atoms in total. The van der Waals surface area contributed by atoms with Crippen molar-refractivity contribution in [2.45, 2.75) is 18.7 Å². The average molecular weight is 343 g/mol. The first kappa shape index (κ1) is 16.8. The Morgan fingerprint density at radius 3 is 2.54 bits per heavy atom. The first-order valence-electron chi connectivity index (χ1n) is 7.58. The molecule has 130 valence electrons. The lowest BCUT2D eigenvalue weighted by Gasteiger charge is -2.34. The number of hydrogen-bond donors (Lipinski definition) is 1. The van der Waals surface area contributed by atoms with E-state index in [4.69, 9.17) is 9.84 Å². The van der Waals surface area contributed by atoms with Crippen molar-refractivity contribution < 1.29 is 32.6 Å². The number of carboxylic acid groups (broad SMARTS) is 1. The van der Waals surface area contributed by atoms with Crippen molar-refractivity contribution in [3.63, 3.8) is 0 Å². The Balaban J connectivity index is 1.75. The van der Waals surface area contributed by atoms with Gasteiger partial charge in [0, 0.05) is 6.54 Å². The smallest absolute Gasteiger partial charge is 0.416 e. The molecule has 3 unspecified atom stereocenters. The van der Waals surface area contributed by atoms with Crippen LogP contribution in [0.4, 0.5) is 13.2 Å². The minimum absolute atomic E-state index is 0.00519. The molecule has 0 radical (unpaired) electrons. The molecule has 0 spiro atoms. The highest BCUT2D eigenvalue weighted by molar-refractivity contribution is 5.89. The number of rotatable bonds is 3. The lowest BCUT2D eigenvalue weighted by Crippen LogP contribution is -2.43. The lowest BCUT2D eigenvalue weighted by atomic mass is 10.0. The maximum absolute atomic E-state index is 13.1. The summed E-state index contributed by atoms with van der Waals surface area (Å²) >= 11 is 0. The monoisotopic (exact) mass is 343 g/mol. The SMILES string of the molecule is O=C(O)C1CC1C(=O)N1CCOC(c2ccccc2C(F)(F)F)C1. The van der Waals surface area contributed by atoms with E-state index < -0.39 is 35.6 Å². The highest BCUT2D eigenvalue weighted by Crippen LogP contribution is 2.41. The van der Waals surface area contributed by atoms with Gasteiger partial charge in [0.25, 0.3) is 0 Å². The summed E-state index contributed by atoms with van der Waals surface area (Å²) in [5.41, 5.74) is -0.785. The van der Waals surface area contributed by atoms with E-state index in [-0.39, 0.29) is 37.6 Å². The number of amides is 1. The van der Waals surface area contributed by atoms with Crippen LogP contribution in [-0.2, 0) is 20.5 Å². The van der Waals surface area contributed by atoms with Gasteiger partial charge < -0.3 is 14.7 Å². The fourth-order valence-electron chi connectivity index (χ4n) is 3.05. The summed E-state index contributed by atoms with van der Waals surface area (Å²) in [5, 5.41) is 8.91. The summed E-state index contributed by atoms with van der Waals surface area (Å²) in [7, 11) is 0. The van der Waals surface area contributed by atoms with Gasteiger partial charge in [0.1, 0.15) is 6.10 Å². The van der Waals surface area contributed by atoms with Gasteiger partial charge >= 0.3 is 12.1 Å². The van der Waals surface area contributed by atoms with Crippen LogP contribution in [-0.4, -0.2) is 41.6 Å². The molecule has 3 atom stereocenters. The average Bonchev–Trinajstić information content (AvgIpc) is 3.34. The first-order valence-corrected chi connectivity index (χ1v) is 7.58. The minimum Gasteiger partial charge on any atom is -0.481 e. The Morgan fingerprint density at radius 2 is 1.92 bits per heavy atom. The van der Waals surface area contributed by atoms with Crippen LogP contribution in [0.1, 0.15) is 23.7 Å². The normalized spacial score (nSPS) is 27.0. The van der Waals surface area contributed by atoms with Crippen LogP contribution in [0.2, 0.25) is 0 Å². The van der Waals surface area contributed by atoms with Crippen LogP contribution in [0.15, 0.2) is 24.3 Å². The Morgan fingerprint density at radius 1 is 1.21 bits per heavy atom. The fourth-order valence-corrected chi connectivity index (χ4v) is 3.05. The molecule has 1 aliphatic heterocycles. The number of alkyl halides is 3. The minimum atomic E-state index is -4.50. The number of benzene rings is 1. The van der Waals surface area contributed by atoms with E-state index in [0.717, 1.165) is 6.07 Å². The molecule has 1 aliphatic carbocycles. The van der Waals surface area contributed by atoms with Gasteiger partial charge in [0.05, 0.1) is 30.6 Å². The van der Waals surface area contributed by atoms with Crippen molar-refractivity contribution in [2.24, 2.45) is 11.8 Å². The Labute approximate surface area is 136 Å². The van der Waals surface area contributed by atoms with E-state index in [9.17, 15) is 22.8 Å². The van der Waals surface area contributed by atoms with Gasteiger partial charge in [-0.25, -0.2) is 0 Å². The first-order chi connectivity index (χ1) is 11.3. The molecule has 1 heterocycles. The predicted octanol–water partition coefficient (Wildman–Crippen LogP) is 2.33. The molecule has 24 heavy (non-hydrogen) atoms. The third-order valence-corrected chi connectivity index (χ3v) is 4.42. The molecular formula is C16H16F3NO4. The Kier molecular flexibility index (Phi) is 4.25. The zero-order chi connectivity index (χ0) is 17.5. The Bertz CT molecular complexity index is 661. The number of carboxylic acids is 1. The quantitative estimate of drug-likeness (QED) is 0.915. The third kappa shape index (κ3) is 3.24. The number of carbonyl (C=O) groups excluding carboxylic acids is 1. The standard InChI is InChI=1S/C16H16F3NO4/c17-16(18,19)12-4-2-1-3-9(12)13-8-20(5-6-24-13)14(21)10-7-11(10)15(22)23/h1-4,10-11,13H,5-8H2,(H,22,23). The lowest BCUT2D eigenvalue weighted by molar-refractivity contribution is -0.147. The van der Waals surface area contributed by atoms with Gasteiger partial charge in [-0.05, 0) is 18.1 Å². The molecule has 1 N–H and O–H groups in total. The van der Waals surface area contributed by atoms with Crippen LogP contribution in [0.5, 0.6) is 0 Å². The van der Waals surface area contributed by atoms with E-state index in [1.807, 2.05) is 0 Å². The zero-order valence-corrected chi connectivity index (χ0v) is 12.6. The van der Waals surface area contributed by atoms with E-state index >= 15 is 0 Å². The predicted molar refractivity (Wildman–Crippen MR) is 75.9 cm³/mol. The molecule has 2 fully saturated rings. The van der Waals surface area contributed by atoms with Crippen molar-refractivity contribution in [2.75, 3.05) is 19.7 Å². The number of carbonyl (C=O) groups is 2. The van der Waals surface area contributed by atoms with Crippen molar-refractivity contribution >= 4 is 11.9 Å². The van der Waals surface area contributed by atoms with Crippen LogP contribution < -0.4 is 0 Å². The summed E-state index contributed by atoms with van der Waals surface area (Å²) in [6, 6.07) is 5.13. The second kappa shape index (κ2) is 6.08. The number of morpholine rings is 1. The largest absolute Gasteiger partial charge is 0.481 e. The molecule has 1 amide bonds. The second-order valence-electron chi connectivity index (χ2n) is 6.02. The molecular weight excluding hydrogens is 327 g/mol. The maximum Gasteiger partial charge on any atom is 0.416 e. The van der Waals surface area contributed by atoms with Crippen molar-refractivity contribution in [3.8, 4) is 0 Å². The topological polar surface area (TPSA) is 66.8 Å². The van der Waals surface area contributed by atoms with Gasteiger partial charge in [-0.1, -0.05) is 18.2 Å². The van der Waals surface area contributed by atoms with Crippen LogP contribution >= 0.6 is 0 Å². The molecule has 1 saturated carbocycles. The zero-order valence-electron chi connectivity index (χ0n) is 12.6. The van der Waals surface area contributed by atoms with Gasteiger partial charge in [-0.2, -0.15) is 13.2 Å². The summed E-state index contributed by atoms with van der Waals surface area (Å²) in [6.07, 6.45) is -5.09. The summed E-state index contributed by atoms with van der Waals surface area (Å²) < 4.78 is 44.9. The molecule has 0 aromatic heterocycles. The third-order valence-electron chi connectivity index (χ3n) is 4.42. The van der Waals surface area contributed by atoms with Gasteiger partial charge in [-0.15, -0.1) is 0 Å². The fraction of sp³-hybridized carbons (Fsp3) is 0.500. The van der Waals surface area contributed by atoms with E-state index in [1.54, 1.807) is 0 Å². The number of ether oxygens (including phenoxy) is 1. The van der Waals surface area contributed by atoms with Crippen molar-refractivity contribution in [1.29, 1.82) is 0 Å². The van der Waals surface area contributed by atoms with E-state index in [0.29, 0.717) is 0 Å². The summed E-state index contributed by atoms with van der Waals surface area (Å²) in [4.78, 5) is 24.6. The number of halogens is 3. The van der Waals surface area contributed by atoms with Gasteiger partial charge in [-0.3, -0.25) is 9.59 Å². The summed E-state index contributed by atoms with van der Waals surface area (Å²) in [5.74, 6) is -2.58. The summed E-state index contributed by atoms with van der Waals surface area (Å²) in [6.45, 7) is 0.369. The van der Waals surface area contributed by atoms with Gasteiger partial charge in [0.15, 0.2) is 0 Å². The number of aliphatic carboxylic acids is 1. The highest BCUT2D eigenvalue weighted by Gasteiger charge is 2.50. The van der Waals surface area contributed by atoms with E-state index in [2.05, 4.69) is 0 Å². The van der Waals surface area contributed by atoms with Crippen LogP contribution in [0, 0.1) is 11.8 Å². The van der Waals surface area contributed by atoms with Crippen LogP contribution in [0.3, 0.4) is 0 Å². The van der Waals surface area contributed by atoms with E-state index in [1.165, 1.54) is 23.1 Å². The van der Waals surface area contributed by atoms with Crippen molar-refractivity contribution in [3.05, 3.63) is 35.4 Å². The molecule has 1 aromatic carbocycles. The molecule has 0 bridgehead atoms.